The summed E-state index contributed by atoms with van der Waals surface area (Å²) in [4.78, 5) is 23.3. The number of hydrogen-bond donors (Lipinski definition) is 2. The molecule has 0 bridgehead atoms. The monoisotopic (exact) mass is 363 g/mol. The molecule has 124 valence electrons. The summed E-state index contributed by atoms with van der Waals surface area (Å²) < 4.78 is 0. The van der Waals surface area contributed by atoms with Gasteiger partial charge in [0.2, 0.25) is 0 Å². The van der Waals surface area contributed by atoms with Crippen molar-refractivity contribution in [2.75, 3.05) is 6.54 Å². The van der Waals surface area contributed by atoms with Crippen molar-refractivity contribution in [3.05, 3.63) is 69.7 Å². The van der Waals surface area contributed by atoms with Crippen molar-refractivity contribution >= 4 is 41.2 Å². The third kappa shape index (κ3) is 5.68. The number of carbonyl (C=O) groups is 2. The van der Waals surface area contributed by atoms with Gasteiger partial charge in [-0.15, -0.1) is 0 Å². The molecule has 0 atom stereocenters. The summed E-state index contributed by atoms with van der Waals surface area (Å²) in [6.07, 6.45) is 1.98. The minimum absolute atomic E-state index is 0.364. The van der Waals surface area contributed by atoms with E-state index in [1.165, 1.54) is 6.21 Å². The fourth-order valence-electron chi connectivity index (χ4n) is 1.86. The first-order chi connectivity index (χ1) is 11.6. The molecule has 0 aromatic heterocycles. The van der Waals surface area contributed by atoms with Gasteiger partial charge in [-0.1, -0.05) is 59.6 Å². The molecule has 0 unspecified atom stereocenters. The maximum atomic E-state index is 11.6. The lowest BCUT2D eigenvalue weighted by Crippen LogP contribution is -2.38. The van der Waals surface area contributed by atoms with E-state index in [4.69, 9.17) is 23.2 Å². The van der Waals surface area contributed by atoms with Crippen LogP contribution in [0.15, 0.2) is 53.6 Å². The number of benzene rings is 2. The largest absolute Gasteiger partial charge is 0.347 e. The molecule has 2 amide bonds. The Kier molecular flexibility index (Phi) is 6.78. The van der Waals surface area contributed by atoms with Gasteiger partial charge in [-0.05, 0) is 24.1 Å². The average Bonchev–Trinajstić information content (AvgIpc) is 2.57. The zero-order valence-corrected chi connectivity index (χ0v) is 14.1. The third-order valence-electron chi connectivity index (χ3n) is 3.08. The van der Waals surface area contributed by atoms with E-state index in [1.807, 2.05) is 30.3 Å². The maximum Gasteiger partial charge on any atom is 0.329 e. The topological polar surface area (TPSA) is 70.6 Å². The van der Waals surface area contributed by atoms with Gasteiger partial charge in [0.1, 0.15) is 0 Å². The highest BCUT2D eigenvalue weighted by Gasteiger charge is 2.11. The number of nitrogens with zero attached hydrogens (tertiary/aromatic N) is 1. The summed E-state index contributed by atoms with van der Waals surface area (Å²) in [6.45, 7) is 0.364. The Morgan fingerprint density at radius 2 is 1.79 bits per heavy atom. The first-order valence-electron chi connectivity index (χ1n) is 7.16. The van der Waals surface area contributed by atoms with Crippen molar-refractivity contribution in [1.82, 2.24) is 10.7 Å². The van der Waals surface area contributed by atoms with E-state index in [1.54, 1.807) is 18.2 Å². The van der Waals surface area contributed by atoms with Crippen LogP contribution in [-0.2, 0) is 16.0 Å². The molecule has 0 saturated heterocycles. The van der Waals surface area contributed by atoms with Gasteiger partial charge < -0.3 is 5.32 Å². The molecule has 0 heterocycles. The Hall–Kier alpha value is -2.37. The molecule has 0 radical (unpaired) electrons. The van der Waals surface area contributed by atoms with Crippen LogP contribution in [0.2, 0.25) is 10.0 Å². The van der Waals surface area contributed by atoms with E-state index >= 15 is 0 Å². The average molecular weight is 364 g/mol. The summed E-state index contributed by atoms with van der Waals surface area (Å²) in [7, 11) is 0. The van der Waals surface area contributed by atoms with E-state index in [0.717, 1.165) is 5.56 Å². The van der Waals surface area contributed by atoms with Crippen LogP contribution >= 0.6 is 23.2 Å². The molecule has 0 aliphatic rings. The van der Waals surface area contributed by atoms with Crippen molar-refractivity contribution in [2.45, 2.75) is 6.42 Å². The molecule has 2 rings (SSSR count). The van der Waals surface area contributed by atoms with Gasteiger partial charge >= 0.3 is 11.8 Å². The van der Waals surface area contributed by atoms with Gasteiger partial charge in [0.25, 0.3) is 0 Å². The number of amides is 2. The molecule has 24 heavy (non-hydrogen) atoms. The van der Waals surface area contributed by atoms with E-state index in [2.05, 4.69) is 15.8 Å². The lowest BCUT2D eigenvalue weighted by molar-refractivity contribution is -0.139. The second-order valence-electron chi connectivity index (χ2n) is 4.86. The lowest BCUT2D eigenvalue weighted by Gasteiger charge is -2.04. The summed E-state index contributed by atoms with van der Waals surface area (Å²) in [5, 5.41) is 7.13. The smallest absolute Gasteiger partial charge is 0.329 e. The zero-order chi connectivity index (χ0) is 17.4. The van der Waals surface area contributed by atoms with Crippen LogP contribution < -0.4 is 10.7 Å². The van der Waals surface area contributed by atoms with Gasteiger partial charge in [0, 0.05) is 17.1 Å². The molecular formula is C17H15Cl2N3O2. The van der Waals surface area contributed by atoms with E-state index < -0.39 is 11.8 Å². The van der Waals surface area contributed by atoms with E-state index in [-0.39, 0.29) is 0 Å². The molecule has 0 aliphatic carbocycles. The molecule has 0 saturated carbocycles. The van der Waals surface area contributed by atoms with Gasteiger partial charge in [-0.25, -0.2) is 5.43 Å². The van der Waals surface area contributed by atoms with Crippen LogP contribution in [0, 0.1) is 0 Å². The Morgan fingerprint density at radius 3 is 2.50 bits per heavy atom. The molecule has 5 nitrogen and oxygen atoms in total. The quantitative estimate of drug-likeness (QED) is 0.487. The lowest BCUT2D eigenvalue weighted by atomic mass is 10.1. The van der Waals surface area contributed by atoms with Crippen LogP contribution in [-0.4, -0.2) is 24.6 Å². The van der Waals surface area contributed by atoms with Gasteiger partial charge in [0.05, 0.1) is 11.2 Å². The minimum atomic E-state index is -0.843. The van der Waals surface area contributed by atoms with Gasteiger partial charge in [-0.3, -0.25) is 9.59 Å². The highest BCUT2D eigenvalue weighted by Crippen LogP contribution is 2.19. The van der Waals surface area contributed by atoms with Crippen LogP contribution in [0.25, 0.3) is 0 Å². The zero-order valence-electron chi connectivity index (χ0n) is 12.6. The standard InChI is InChI=1S/C17H15Cl2N3O2/c18-14-7-6-13(15(19)10-14)11-21-22-17(24)16(23)20-9-8-12-4-2-1-3-5-12/h1-7,10-11H,8-9H2,(H,20,23)(H,22,24)/b21-11+. The molecule has 7 heteroatoms. The SMILES string of the molecule is O=C(NCCc1ccccc1)C(=O)N/N=C/c1ccc(Cl)cc1Cl. The number of carbonyl (C=O) groups excluding carboxylic acids is 2. The third-order valence-corrected chi connectivity index (χ3v) is 3.64. The Bertz CT molecular complexity index is 749. The number of rotatable bonds is 5. The normalized spacial score (nSPS) is 10.6. The van der Waals surface area contributed by atoms with Crippen molar-refractivity contribution < 1.29 is 9.59 Å². The predicted octanol–water partition coefficient (Wildman–Crippen LogP) is 2.80. The number of halogens is 2. The summed E-state index contributed by atoms with van der Waals surface area (Å²) >= 11 is 11.8. The van der Waals surface area contributed by atoms with Crippen molar-refractivity contribution in [3.8, 4) is 0 Å². The summed E-state index contributed by atoms with van der Waals surface area (Å²) in [5.74, 6) is -1.59. The second kappa shape index (κ2) is 9.05. The Morgan fingerprint density at radius 1 is 1.04 bits per heavy atom. The van der Waals surface area contributed by atoms with Crippen molar-refractivity contribution in [3.63, 3.8) is 0 Å². The van der Waals surface area contributed by atoms with Gasteiger partial charge in [-0.2, -0.15) is 5.10 Å². The van der Waals surface area contributed by atoms with Gasteiger partial charge in [0.15, 0.2) is 0 Å². The molecule has 0 aliphatic heterocycles. The van der Waals surface area contributed by atoms with E-state index in [0.29, 0.717) is 28.6 Å². The molecule has 2 aromatic rings. The fourth-order valence-corrected chi connectivity index (χ4v) is 2.32. The molecular weight excluding hydrogens is 349 g/mol. The minimum Gasteiger partial charge on any atom is -0.347 e. The van der Waals surface area contributed by atoms with Crippen molar-refractivity contribution in [1.29, 1.82) is 0 Å². The first-order valence-corrected chi connectivity index (χ1v) is 7.92. The highest BCUT2D eigenvalue weighted by atomic mass is 35.5. The number of nitrogens with one attached hydrogen (secondary N) is 2. The molecule has 2 aromatic carbocycles. The summed E-state index contributed by atoms with van der Waals surface area (Å²) in [5.41, 5.74) is 3.80. The van der Waals surface area contributed by atoms with Crippen molar-refractivity contribution in [2.24, 2.45) is 5.10 Å². The van der Waals surface area contributed by atoms with E-state index in [9.17, 15) is 9.59 Å². The molecule has 0 fully saturated rings. The maximum absolute atomic E-state index is 11.6. The second-order valence-corrected chi connectivity index (χ2v) is 5.70. The Balaban J connectivity index is 1.77. The van der Waals surface area contributed by atoms with Crippen LogP contribution in [0.5, 0.6) is 0 Å². The fraction of sp³-hybridized carbons (Fsp3) is 0.118. The molecule has 2 N–H and O–H groups in total. The number of hydrogen-bond acceptors (Lipinski definition) is 3. The number of hydrazone groups is 1. The highest BCUT2D eigenvalue weighted by molar-refractivity contribution is 6.36. The predicted molar refractivity (Wildman–Crippen MR) is 95.4 cm³/mol. The molecule has 0 spiro atoms. The van der Waals surface area contributed by atoms with Crippen LogP contribution in [0.4, 0.5) is 0 Å². The first kappa shape index (κ1) is 18.0. The van der Waals surface area contributed by atoms with Crippen LogP contribution in [0.3, 0.4) is 0 Å². The van der Waals surface area contributed by atoms with Crippen LogP contribution in [0.1, 0.15) is 11.1 Å². The Labute approximate surface area is 149 Å². The summed E-state index contributed by atoms with van der Waals surface area (Å²) in [6, 6.07) is 14.5.